The monoisotopic (exact) mass is 170 g/mol. The van der Waals surface area contributed by atoms with Crippen LogP contribution in [0.15, 0.2) is 0 Å². The molecule has 2 aliphatic carbocycles. The van der Waals surface area contributed by atoms with Crippen molar-refractivity contribution in [1.29, 1.82) is 0 Å². The van der Waals surface area contributed by atoms with Crippen LogP contribution in [0.4, 0.5) is 0 Å². The molecule has 2 rings (SSSR count). The Labute approximate surface area is 75.2 Å². The third kappa shape index (κ3) is 0.734. The maximum atomic E-state index is 4.70. The molecule has 0 N–H and O–H groups in total. The van der Waals surface area contributed by atoms with Crippen LogP contribution >= 0.6 is 12.6 Å². The molecule has 2 aliphatic rings. The molecule has 0 aromatic rings. The van der Waals surface area contributed by atoms with Crippen molar-refractivity contribution < 1.29 is 0 Å². The minimum absolute atomic E-state index is 0.529. The van der Waals surface area contributed by atoms with Gasteiger partial charge in [0.1, 0.15) is 0 Å². The van der Waals surface area contributed by atoms with E-state index in [4.69, 9.17) is 12.6 Å². The van der Waals surface area contributed by atoms with Crippen LogP contribution in [0.3, 0.4) is 0 Å². The van der Waals surface area contributed by atoms with Gasteiger partial charge in [0, 0.05) is 5.25 Å². The summed E-state index contributed by atoms with van der Waals surface area (Å²) in [4.78, 5) is 0. The molecule has 0 amide bonds. The van der Waals surface area contributed by atoms with Crippen molar-refractivity contribution in [3.63, 3.8) is 0 Å². The van der Waals surface area contributed by atoms with Crippen LogP contribution in [0.25, 0.3) is 0 Å². The van der Waals surface area contributed by atoms with E-state index < -0.39 is 0 Å². The van der Waals surface area contributed by atoms with Gasteiger partial charge in [0.2, 0.25) is 0 Å². The van der Waals surface area contributed by atoms with Crippen molar-refractivity contribution in [2.75, 3.05) is 0 Å². The largest absolute Gasteiger partial charge is 0.175 e. The molecular formula is C10H18S. The molecule has 0 heterocycles. The van der Waals surface area contributed by atoms with Gasteiger partial charge in [-0.3, -0.25) is 0 Å². The molecule has 3 atom stereocenters. The Kier molecular flexibility index (Phi) is 1.44. The first-order chi connectivity index (χ1) is 4.98. The maximum Gasteiger partial charge on any atom is 0.00786 e. The van der Waals surface area contributed by atoms with E-state index in [0.717, 1.165) is 5.92 Å². The normalized spacial score (nSPS) is 53.5. The highest BCUT2D eigenvalue weighted by Gasteiger charge is 2.60. The Morgan fingerprint density at radius 2 is 1.91 bits per heavy atom. The Bertz CT molecular complexity index is 185. The molecule has 11 heavy (non-hydrogen) atoms. The highest BCUT2D eigenvalue weighted by molar-refractivity contribution is 7.81. The minimum Gasteiger partial charge on any atom is -0.175 e. The Morgan fingerprint density at radius 3 is 2.09 bits per heavy atom. The Morgan fingerprint density at radius 1 is 1.27 bits per heavy atom. The predicted molar refractivity (Wildman–Crippen MR) is 52.0 cm³/mol. The molecule has 64 valence electrons. The quantitative estimate of drug-likeness (QED) is 0.531. The standard InChI is InChI=1S/C10H18S/c1-9(2)7-4-5-10(9,3)8(11)6-7/h7-8,11H,4-6H2,1-3H3/t7-,8+,10+/m1/s1. The summed E-state index contributed by atoms with van der Waals surface area (Å²) in [7, 11) is 0. The van der Waals surface area contributed by atoms with E-state index in [0.29, 0.717) is 16.1 Å². The van der Waals surface area contributed by atoms with Gasteiger partial charge in [-0.1, -0.05) is 20.8 Å². The van der Waals surface area contributed by atoms with Crippen LogP contribution < -0.4 is 0 Å². The highest BCUT2D eigenvalue weighted by atomic mass is 32.1. The molecule has 0 radical (unpaired) electrons. The van der Waals surface area contributed by atoms with Crippen LogP contribution in [0.2, 0.25) is 0 Å². The van der Waals surface area contributed by atoms with Crippen LogP contribution in [-0.4, -0.2) is 5.25 Å². The van der Waals surface area contributed by atoms with Gasteiger partial charge in [0.15, 0.2) is 0 Å². The third-order valence-electron chi connectivity index (χ3n) is 4.75. The molecule has 0 aliphatic heterocycles. The fourth-order valence-electron chi connectivity index (χ4n) is 3.16. The molecule has 2 bridgehead atoms. The van der Waals surface area contributed by atoms with E-state index >= 15 is 0 Å². The zero-order valence-electron chi connectivity index (χ0n) is 7.72. The van der Waals surface area contributed by atoms with E-state index in [1.165, 1.54) is 19.3 Å². The van der Waals surface area contributed by atoms with Gasteiger partial charge in [-0.2, -0.15) is 12.6 Å². The number of rotatable bonds is 0. The smallest absolute Gasteiger partial charge is 0.00786 e. The summed E-state index contributed by atoms with van der Waals surface area (Å²) in [5, 5.41) is 0.663. The molecule has 0 nitrogen and oxygen atoms in total. The van der Waals surface area contributed by atoms with Crippen molar-refractivity contribution >= 4 is 12.6 Å². The number of thiol groups is 1. The second kappa shape index (κ2) is 1.99. The summed E-state index contributed by atoms with van der Waals surface area (Å²) >= 11 is 4.70. The van der Waals surface area contributed by atoms with Crippen LogP contribution in [0.5, 0.6) is 0 Å². The van der Waals surface area contributed by atoms with Gasteiger partial charge >= 0.3 is 0 Å². The summed E-state index contributed by atoms with van der Waals surface area (Å²) in [6.45, 7) is 7.29. The van der Waals surface area contributed by atoms with E-state index in [-0.39, 0.29) is 0 Å². The van der Waals surface area contributed by atoms with Crippen molar-refractivity contribution in [3.8, 4) is 0 Å². The first kappa shape index (κ1) is 7.97. The number of hydrogen-bond donors (Lipinski definition) is 1. The van der Waals surface area contributed by atoms with Crippen molar-refractivity contribution in [2.45, 2.75) is 45.3 Å². The fourth-order valence-corrected chi connectivity index (χ4v) is 3.88. The van der Waals surface area contributed by atoms with Crippen LogP contribution in [-0.2, 0) is 0 Å². The molecular weight excluding hydrogens is 152 g/mol. The topological polar surface area (TPSA) is 0 Å². The molecule has 0 unspecified atom stereocenters. The lowest BCUT2D eigenvalue weighted by Crippen LogP contribution is -2.32. The summed E-state index contributed by atoms with van der Waals surface area (Å²) in [5.41, 5.74) is 1.08. The lowest BCUT2D eigenvalue weighted by atomic mass is 9.71. The van der Waals surface area contributed by atoms with Gasteiger partial charge < -0.3 is 0 Å². The van der Waals surface area contributed by atoms with E-state index in [1.807, 2.05) is 0 Å². The van der Waals surface area contributed by atoms with E-state index in [9.17, 15) is 0 Å². The number of fused-ring (bicyclic) bond motifs is 2. The second-order valence-electron chi connectivity index (χ2n) is 5.13. The van der Waals surface area contributed by atoms with Gasteiger partial charge in [-0.05, 0) is 36.0 Å². The van der Waals surface area contributed by atoms with Gasteiger partial charge in [0.05, 0.1) is 0 Å². The average molecular weight is 170 g/mol. The van der Waals surface area contributed by atoms with E-state index in [1.54, 1.807) is 0 Å². The van der Waals surface area contributed by atoms with Gasteiger partial charge in [-0.25, -0.2) is 0 Å². The highest BCUT2D eigenvalue weighted by Crippen LogP contribution is 2.66. The number of hydrogen-bond acceptors (Lipinski definition) is 1. The second-order valence-corrected chi connectivity index (χ2v) is 5.75. The average Bonchev–Trinajstić information content (AvgIpc) is 2.20. The Hall–Kier alpha value is 0.350. The fraction of sp³-hybridized carbons (Fsp3) is 1.00. The maximum absolute atomic E-state index is 4.70. The molecule has 0 saturated heterocycles. The molecule has 0 aromatic heterocycles. The lowest BCUT2D eigenvalue weighted by molar-refractivity contribution is 0.157. The van der Waals surface area contributed by atoms with Crippen molar-refractivity contribution in [3.05, 3.63) is 0 Å². The molecule has 0 spiro atoms. The molecule has 0 aromatic carbocycles. The molecule has 2 fully saturated rings. The minimum atomic E-state index is 0.529. The van der Waals surface area contributed by atoms with Gasteiger partial charge in [-0.15, -0.1) is 0 Å². The lowest BCUT2D eigenvalue weighted by Gasteiger charge is -2.37. The van der Waals surface area contributed by atoms with Gasteiger partial charge in [0.25, 0.3) is 0 Å². The van der Waals surface area contributed by atoms with E-state index in [2.05, 4.69) is 20.8 Å². The Balaban J connectivity index is 2.40. The zero-order valence-corrected chi connectivity index (χ0v) is 8.62. The summed E-state index contributed by atoms with van der Waals surface area (Å²) in [6.07, 6.45) is 4.20. The molecule has 2 saturated carbocycles. The van der Waals surface area contributed by atoms with Crippen LogP contribution in [0, 0.1) is 16.7 Å². The van der Waals surface area contributed by atoms with Crippen molar-refractivity contribution in [1.82, 2.24) is 0 Å². The SMILES string of the molecule is CC1(C)[C@@H]2CC[C@@]1(C)[C@@H](S)C2. The first-order valence-electron chi connectivity index (χ1n) is 4.66. The third-order valence-corrected chi connectivity index (χ3v) is 5.53. The molecule has 1 heteroatoms. The van der Waals surface area contributed by atoms with Crippen LogP contribution in [0.1, 0.15) is 40.0 Å². The van der Waals surface area contributed by atoms with Crippen molar-refractivity contribution in [2.24, 2.45) is 16.7 Å². The summed E-state index contributed by atoms with van der Waals surface area (Å²) < 4.78 is 0. The summed E-state index contributed by atoms with van der Waals surface area (Å²) in [6, 6.07) is 0. The zero-order chi connectivity index (χ0) is 8.28. The first-order valence-corrected chi connectivity index (χ1v) is 5.18. The summed E-state index contributed by atoms with van der Waals surface area (Å²) in [5.74, 6) is 0.954. The predicted octanol–water partition coefficient (Wildman–Crippen LogP) is 3.13.